The number of benzene rings is 1. The molecule has 1 aliphatic carbocycles. The van der Waals surface area contributed by atoms with Crippen molar-refractivity contribution in [1.29, 1.82) is 0 Å². The molecular formula is C23H20N4O. The summed E-state index contributed by atoms with van der Waals surface area (Å²) >= 11 is 0. The van der Waals surface area contributed by atoms with E-state index < -0.39 is 0 Å². The summed E-state index contributed by atoms with van der Waals surface area (Å²) in [5.41, 5.74) is 8.63. The molecule has 28 heavy (non-hydrogen) atoms. The Bertz CT molecular complexity index is 1070. The van der Waals surface area contributed by atoms with Gasteiger partial charge in [-0.15, -0.1) is 5.73 Å². The average Bonchev–Trinajstić information content (AvgIpc) is 2.97. The number of para-hydroxylation sites is 1. The molecule has 0 unspecified atom stereocenters. The second-order valence-electron chi connectivity index (χ2n) is 6.75. The lowest BCUT2D eigenvalue weighted by atomic mass is 10.2. The predicted octanol–water partition coefficient (Wildman–Crippen LogP) is 3.97. The molecule has 2 aromatic heterocycles. The molecule has 5 nitrogen and oxygen atoms in total. The van der Waals surface area contributed by atoms with Crippen molar-refractivity contribution in [3.8, 4) is 16.9 Å². The van der Waals surface area contributed by atoms with Crippen LogP contribution < -0.4 is 4.90 Å². The van der Waals surface area contributed by atoms with Gasteiger partial charge in [-0.1, -0.05) is 30.4 Å². The molecule has 0 radical (unpaired) electrons. The van der Waals surface area contributed by atoms with Crippen LogP contribution in [0.5, 0.6) is 0 Å². The maximum atomic E-state index is 5.42. The van der Waals surface area contributed by atoms with Gasteiger partial charge in [0.15, 0.2) is 0 Å². The van der Waals surface area contributed by atoms with E-state index in [2.05, 4.69) is 61.6 Å². The number of aromatic nitrogens is 3. The van der Waals surface area contributed by atoms with Crippen LogP contribution in [0.3, 0.4) is 0 Å². The smallest absolute Gasteiger partial charge is 0.225 e. The van der Waals surface area contributed by atoms with E-state index in [1.165, 1.54) is 0 Å². The van der Waals surface area contributed by atoms with Crippen molar-refractivity contribution in [2.24, 2.45) is 0 Å². The highest BCUT2D eigenvalue weighted by atomic mass is 16.5. The number of rotatable bonds is 3. The van der Waals surface area contributed by atoms with Crippen LogP contribution in [-0.2, 0) is 4.74 Å². The number of ether oxygens (including phenoxy) is 1. The van der Waals surface area contributed by atoms with Crippen molar-refractivity contribution in [2.45, 2.75) is 0 Å². The van der Waals surface area contributed by atoms with Crippen LogP contribution in [0, 0.1) is 0 Å². The molecule has 138 valence electrons. The van der Waals surface area contributed by atoms with E-state index in [-0.39, 0.29) is 0 Å². The lowest BCUT2D eigenvalue weighted by Crippen LogP contribution is -2.37. The minimum absolute atomic E-state index is 0.723. The van der Waals surface area contributed by atoms with Crippen LogP contribution in [0.1, 0.15) is 11.3 Å². The zero-order valence-electron chi connectivity index (χ0n) is 15.5. The molecule has 1 saturated heterocycles. The normalized spacial score (nSPS) is 15.5. The average molecular weight is 368 g/mol. The Morgan fingerprint density at radius 1 is 1.00 bits per heavy atom. The van der Waals surface area contributed by atoms with Gasteiger partial charge < -0.3 is 14.2 Å². The van der Waals surface area contributed by atoms with E-state index in [4.69, 9.17) is 4.74 Å². The van der Waals surface area contributed by atoms with Crippen LogP contribution >= 0.6 is 0 Å². The van der Waals surface area contributed by atoms with Crippen LogP contribution in [0.4, 0.5) is 5.95 Å². The molecular weight excluding hydrogens is 348 g/mol. The molecule has 1 fully saturated rings. The summed E-state index contributed by atoms with van der Waals surface area (Å²) in [6.07, 6.45) is 11.9. The third kappa shape index (κ3) is 3.07. The monoisotopic (exact) mass is 368 g/mol. The summed E-state index contributed by atoms with van der Waals surface area (Å²) in [5, 5.41) is 0. The number of nitrogens with zero attached hydrogens (tertiary/aromatic N) is 4. The van der Waals surface area contributed by atoms with Gasteiger partial charge in [0.05, 0.1) is 24.6 Å². The highest BCUT2D eigenvalue weighted by molar-refractivity contribution is 5.76. The van der Waals surface area contributed by atoms with E-state index in [9.17, 15) is 0 Å². The third-order valence-electron chi connectivity index (χ3n) is 5.00. The van der Waals surface area contributed by atoms with Crippen LogP contribution in [0.25, 0.3) is 29.1 Å². The Morgan fingerprint density at radius 2 is 1.79 bits per heavy atom. The molecule has 0 saturated carbocycles. The first kappa shape index (κ1) is 16.8. The second kappa shape index (κ2) is 7.31. The van der Waals surface area contributed by atoms with Crippen molar-refractivity contribution in [3.05, 3.63) is 77.9 Å². The van der Waals surface area contributed by atoms with Gasteiger partial charge in [-0.05, 0) is 24.3 Å². The summed E-state index contributed by atoms with van der Waals surface area (Å²) in [6, 6.07) is 12.5. The Balaban J connectivity index is 1.60. The van der Waals surface area contributed by atoms with Gasteiger partial charge in [-0.3, -0.25) is 0 Å². The number of morpholine rings is 1. The van der Waals surface area contributed by atoms with E-state index in [0.717, 1.165) is 60.5 Å². The molecule has 5 rings (SSSR count). The Hall–Kier alpha value is -3.40. The van der Waals surface area contributed by atoms with Crippen molar-refractivity contribution in [2.75, 3.05) is 31.2 Å². The Labute approximate surface area is 163 Å². The Morgan fingerprint density at radius 3 is 2.57 bits per heavy atom. The Kier molecular flexibility index (Phi) is 4.37. The highest BCUT2D eigenvalue weighted by Gasteiger charge is 2.18. The molecule has 5 heteroatoms. The maximum Gasteiger partial charge on any atom is 0.225 e. The van der Waals surface area contributed by atoms with Crippen LogP contribution in [-0.4, -0.2) is 40.8 Å². The largest absolute Gasteiger partial charge is 0.378 e. The fourth-order valence-electron chi connectivity index (χ4n) is 3.61. The van der Waals surface area contributed by atoms with Gasteiger partial charge in [-0.25, -0.2) is 9.97 Å². The lowest BCUT2D eigenvalue weighted by molar-refractivity contribution is 0.122. The minimum Gasteiger partial charge on any atom is -0.378 e. The number of hydrogen-bond donors (Lipinski definition) is 0. The molecule has 0 amide bonds. The summed E-state index contributed by atoms with van der Waals surface area (Å²) in [7, 11) is 0. The fraction of sp³-hybridized carbons (Fsp3) is 0.174. The summed E-state index contributed by atoms with van der Waals surface area (Å²) < 4.78 is 7.65. The van der Waals surface area contributed by atoms with E-state index in [1.807, 2.05) is 36.7 Å². The first-order valence-corrected chi connectivity index (χ1v) is 9.45. The van der Waals surface area contributed by atoms with Crippen molar-refractivity contribution in [1.82, 2.24) is 14.5 Å². The van der Waals surface area contributed by atoms with Gasteiger partial charge in [0.25, 0.3) is 0 Å². The summed E-state index contributed by atoms with van der Waals surface area (Å²) in [4.78, 5) is 11.4. The zero-order chi connectivity index (χ0) is 18.8. The third-order valence-corrected chi connectivity index (χ3v) is 5.00. The summed E-state index contributed by atoms with van der Waals surface area (Å²) in [6.45, 7) is 3.10. The van der Waals surface area contributed by atoms with Crippen molar-refractivity contribution in [3.63, 3.8) is 0 Å². The van der Waals surface area contributed by atoms with E-state index in [1.54, 1.807) is 0 Å². The highest BCUT2D eigenvalue weighted by Crippen LogP contribution is 2.31. The molecule has 3 heterocycles. The van der Waals surface area contributed by atoms with Crippen molar-refractivity contribution < 1.29 is 4.74 Å². The van der Waals surface area contributed by atoms with Gasteiger partial charge >= 0.3 is 0 Å². The van der Waals surface area contributed by atoms with Gasteiger partial charge in [0.1, 0.15) is 0 Å². The standard InChI is InChI=1S/C23H20N4O/c1-3-7-18-15-22(27(21(18)10-6-1)20-8-4-2-5-9-20)19-16-24-23(25-17-19)26-11-13-28-14-12-26/h1-5,7-10,15-17H,11-14H2. The summed E-state index contributed by atoms with van der Waals surface area (Å²) in [5.74, 6) is 0.758. The predicted molar refractivity (Wildman–Crippen MR) is 111 cm³/mol. The zero-order valence-corrected chi connectivity index (χ0v) is 15.5. The lowest BCUT2D eigenvalue weighted by Gasteiger charge is -2.26. The molecule has 0 N–H and O–H groups in total. The quantitative estimate of drug-likeness (QED) is 0.656. The molecule has 0 bridgehead atoms. The first-order chi connectivity index (χ1) is 13.9. The number of allylic oxidation sites excluding steroid dienone is 2. The van der Waals surface area contributed by atoms with Crippen LogP contribution in [0.2, 0.25) is 0 Å². The molecule has 0 atom stereocenters. The fourth-order valence-corrected chi connectivity index (χ4v) is 3.61. The molecule has 0 spiro atoms. The van der Waals surface area contributed by atoms with Crippen molar-refractivity contribution >= 4 is 18.1 Å². The maximum absolute atomic E-state index is 5.42. The van der Waals surface area contributed by atoms with E-state index >= 15 is 0 Å². The van der Waals surface area contributed by atoms with Gasteiger partial charge in [0, 0.05) is 48.4 Å². The minimum atomic E-state index is 0.723. The number of fused-ring (bicyclic) bond motifs is 1. The first-order valence-electron chi connectivity index (χ1n) is 9.45. The topological polar surface area (TPSA) is 43.2 Å². The number of hydrogen-bond acceptors (Lipinski definition) is 4. The molecule has 2 aliphatic rings. The molecule has 1 aliphatic heterocycles. The van der Waals surface area contributed by atoms with Gasteiger partial charge in [0.2, 0.25) is 5.95 Å². The van der Waals surface area contributed by atoms with E-state index in [0.29, 0.717) is 0 Å². The SMILES string of the molecule is C1=CC=Cc2cc(-c3cnc(N4CCOCC4)nc3)n(-c3ccccc3)c2C=1. The van der Waals surface area contributed by atoms with Crippen LogP contribution in [0.15, 0.2) is 66.7 Å². The molecule has 3 aromatic rings. The number of anilines is 1. The second-order valence-corrected chi connectivity index (χ2v) is 6.75. The van der Waals surface area contributed by atoms with Gasteiger partial charge in [-0.2, -0.15) is 0 Å². The molecule has 1 aromatic carbocycles.